The summed E-state index contributed by atoms with van der Waals surface area (Å²) >= 11 is 0. The number of nitrogens with one attached hydrogen (secondary N) is 1. The van der Waals surface area contributed by atoms with Crippen LogP contribution in [0, 0.1) is 0 Å². The SMILES string of the molecule is [3H]C[C@]1(O)C[C@H](O)[C@@H](NC(C)=O)[C@H]([C@H](O)[C@H](O)CO)O1. The Bertz CT molecular complexity index is 345. The molecule has 1 heterocycles. The highest BCUT2D eigenvalue weighted by molar-refractivity contribution is 5.73. The number of hydrogen-bond acceptors (Lipinski definition) is 7. The normalized spacial score (nSPS) is 39.3. The number of aliphatic hydroxyl groups is 5. The first-order valence-corrected chi connectivity index (χ1v) is 5.85. The van der Waals surface area contributed by atoms with Gasteiger partial charge in [0.2, 0.25) is 5.91 Å². The van der Waals surface area contributed by atoms with Crippen molar-refractivity contribution in [2.75, 3.05) is 6.61 Å². The van der Waals surface area contributed by atoms with Crippen molar-refractivity contribution in [3.8, 4) is 0 Å². The summed E-state index contributed by atoms with van der Waals surface area (Å²) in [6.07, 6.45) is -6.17. The fourth-order valence-electron chi connectivity index (χ4n) is 2.07. The Balaban J connectivity index is 2.98. The van der Waals surface area contributed by atoms with Gasteiger partial charge in [-0.1, -0.05) is 0 Å². The molecule has 0 saturated carbocycles. The molecule has 0 aromatic carbocycles. The van der Waals surface area contributed by atoms with Crippen LogP contribution in [-0.4, -0.2) is 74.3 Å². The third kappa shape index (κ3) is 4.10. The molecule has 0 aromatic heterocycles. The smallest absolute Gasteiger partial charge is 0.217 e. The van der Waals surface area contributed by atoms with Gasteiger partial charge in [0.15, 0.2) is 5.79 Å². The number of rotatable bonds is 4. The highest BCUT2D eigenvalue weighted by Gasteiger charge is 2.47. The minimum atomic E-state index is -1.99. The first kappa shape index (κ1) is 14.6. The van der Waals surface area contributed by atoms with Crippen molar-refractivity contribution in [3.63, 3.8) is 0 Å². The molecule has 19 heavy (non-hydrogen) atoms. The standard InChI is InChI=1S/C11H21NO7/c1-5(14)12-8-6(15)3-11(2,18)19-10(8)9(17)7(16)4-13/h6-10,13,15-18H,3-4H2,1-2H3,(H,12,14)/t6-,7+,8+,9+,10+,11+/m0/s1/i2T. The molecule has 0 aliphatic carbocycles. The Morgan fingerprint density at radius 3 is 2.74 bits per heavy atom. The van der Waals surface area contributed by atoms with E-state index < -0.39 is 55.7 Å². The third-order valence-electron chi connectivity index (χ3n) is 2.94. The molecule has 1 saturated heterocycles. The zero-order valence-electron chi connectivity index (χ0n) is 11.6. The van der Waals surface area contributed by atoms with E-state index in [4.69, 9.17) is 11.2 Å². The summed E-state index contributed by atoms with van der Waals surface area (Å²) in [5, 5.41) is 50.5. The van der Waals surface area contributed by atoms with Crippen LogP contribution in [-0.2, 0) is 9.53 Å². The summed E-state index contributed by atoms with van der Waals surface area (Å²) in [7, 11) is 0. The molecule has 0 radical (unpaired) electrons. The van der Waals surface area contributed by atoms with E-state index in [1.54, 1.807) is 0 Å². The van der Waals surface area contributed by atoms with Gasteiger partial charge in [0.25, 0.3) is 0 Å². The van der Waals surface area contributed by atoms with Crippen LogP contribution in [0.3, 0.4) is 0 Å². The van der Waals surface area contributed by atoms with E-state index in [1.807, 2.05) is 0 Å². The first-order chi connectivity index (χ1) is 9.24. The quantitative estimate of drug-likeness (QED) is 0.324. The van der Waals surface area contributed by atoms with Crippen LogP contribution in [0.4, 0.5) is 0 Å². The highest BCUT2D eigenvalue weighted by Crippen LogP contribution is 2.29. The maximum absolute atomic E-state index is 11.1. The van der Waals surface area contributed by atoms with Gasteiger partial charge in [-0.05, 0) is 6.90 Å². The topological polar surface area (TPSA) is 139 Å². The van der Waals surface area contributed by atoms with Gasteiger partial charge in [-0.3, -0.25) is 4.79 Å². The van der Waals surface area contributed by atoms with Crippen LogP contribution in [0.2, 0.25) is 0 Å². The van der Waals surface area contributed by atoms with Crippen LogP contribution in [0.25, 0.3) is 0 Å². The number of amides is 1. The van der Waals surface area contributed by atoms with E-state index in [9.17, 15) is 25.2 Å². The van der Waals surface area contributed by atoms with E-state index >= 15 is 0 Å². The second-order valence-corrected chi connectivity index (χ2v) is 4.77. The summed E-state index contributed by atoms with van der Waals surface area (Å²) in [6.45, 7) is -0.150. The number of ether oxygens (including phenoxy) is 1. The molecule has 1 amide bonds. The number of aliphatic hydroxyl groups excluding tert-OH is 4. The van der Waals surface area contributed by atoms with Gasteiger partial charge in [-0.2, -0.15) is 0 Å². The second-order valence-electron chi connectivity index (χ2n) is 4.77. The third-order valence-corrected chi connectivity index (χ3v) is 2.94. The summed E-state index contributed by atoms with van der Waals surface area (Å²) in [4.78, 5) is 11.1. The first-order valence-electron chi connectivity index (χ1n) is 6.56. The van der Waals surface area contributed by atoms with Crippen LogP contribution in [0.1, 0.15) is 21.6 Å². The van der Waals surface area contributed by atoms with E-state index in [1.165, 1.54) is 6.92 Å². The van der Waals surface area contributed by atoms with Gasteiger partial charge in [0, 0.05) is 14.7 Å². The fraction of sp³-hybridized carbons (Fsp3) is 0.909. The van der Waals surface area contributed by atoms with Gasteiger partial charge < -0.3 is 35.6 Å². The molecule has 6 atom stereocenters. The maximum atomic E-state index is 11.1. The lowest BCUT2D eigenvalue weighted by Gasteiger charge is -2.45. The maximum Gasteiger partial charge on any atom is 0.217 e. The fourth-order valence-corrected chi connectivity index (χ4v) is 2.07. The van der Waals surface area contributed by atoms with Crippen molar-refractivity contribution < 1.29 is 36.4 Å². The summed E-state index contributed by atoms with van der Waals surface area (Å²) in [5.74, 6) is -2.49. The van der Waals surface area contributed by atoms with Gasteiger partial charge in [-0.15, -0.1) is 0 Å². The highest BCUT2D eigenvalue weighted by atomic mass is 16.6. The molecule has 112 valence electrons. The van der Waals surface area contributed by atoms with Crippen molar-refractivity contribution in [2.45, 2.75) is 56.5 Å². The Kier molecular flexibility index (Phi) is 4.71. The molecule has 0 unspecified atom stereocenters. The molecule has 0 bridgehead atoms. The molecule has 1 aliphatic heterocycles. The summed E-state index contributed by atoms with van der Waals surface area (Å²) < 4.78 is 12.4. The Morgan fingerprint density at radius 2 is 2.26 bits per heavy atom. The average molecular weight is 281 g/mol. The minimum Gasteiger partial charge on any atom is -0.394 e. The van der Waals surface area contributed by atoms with Crippen molar-refractivity contribution >= 4 is 5.91 Å². The van der Waals surface area contributed by atoms with Crippen LogP contribution >= 0.6 is 0 Å². The zero-order chi connectivity index (χ0) is 15.5. The molecular formula is C11H21NO7. The molecule has 0 spiro atoms. The predicted molar refractivity (Wildman–Crippen MR) is 62.8 cm³/mol. The lowest BCUT2D eigenvalue weighted by molar-refractivity contribution is -0.292. The van der Waals surface area contributed by atoms with Crippen molar-refractivity contribution in [1.29, 1.82) is 0 Å². The molecule has 1 rings (SSSR count). The molecule has 1 fully saturated rings. The molecule has 1 aliphatic rings. The zero-order valence-corrected chi connectivity index (χ0v) is 10.6. The molecule has 8 nitrogen and oxygen atoms in total. The van der Waals surface area contributed by atoms with Gasteiger partial charge >= 0.3 is 0 Å². The Labute approximate surface area is 112 Å². The van der Waals surface area contributed by atoms with Gasteiger partial charge in [0.1, 0.15) is 18.3 Å². The van der Waals surface area contributed by atoms with E-state index in [0.29, 0.717) is 0 Å². The lowest BCUT2D eigenvalue weighted by Crippen LogP contribution is -2.65. The molecule has 0 aromatic rings. The van der Waals surface area contributed by atoms with Crippen molar-refractivity contribution in [3.05, 3.63) is 0 Å². The average Bonchev–Trinajstić information content (AvgIpc) is 2.39. The van der Waals surface area contributed by atoms with Crippen LogP contribution in [0.5, 0.6) is 0 Å². The van der Waals surface area contributed by atoms with Crippen LogP contribution < -0.4 is 5.32 Å². The van der Waals surface area contributed by atoms with Gasteiger partial charge in [-0.25, -0.2) is 0 Å². The summed E-state index contributed by atoms with van der Waals surface area (Å²) in [6, 6.07) is -1.07. The van der Waals surface area contributed by atoms with E-state index in [-0.39, 0.29) is 6.42 Å². The van der Waals surface area contributed by atoms with E-state index in [2.05, 4.69) is 5.32 Å². The minimum absolute atomic E-state index is 0.320. The van der Waals surface area contributed by atoms with Crippen LogP contribution in [0.15, 0.2) is 0 Å². The molecule has 8 heteroatoms. The van der Waals surface area contributed by atoms with Gasteiger partial charge in [0.05, 0.1) is 18.8 Å². The number of carbonyl (C=O) groups is 1. The number of hydrogen-bond donors (Lipinski definition) is 6. The van der Waals surface area contributed by atoms with Crippen molar-refractivity contribution in [1.82, 2.24) is 5.32 Å². The Morgan fingerprint density at radius 1 is 1.63 bits per heavy atom. The lowest BCUT2D eigenvalue weighted by atomic mass is 9.89. The second kappa shape index (κ2) is 6.12. The summed E-state index contributed by atoms with van der Waals surface area (Å²) in [5.41, 5.74) is 0. The Hall–Kier alpha value is -0.770. The molecular weight excluding hydrogens is 258 g/mol. The van der Waals surface area contributed by atoms with E-state index in [0.717, 1.165) is 0 Å². The largest absolute Gasteiger partial charge is 0.394 e. The molecule has 6 N–H and O–H groups in total. The number of carbonyl (C=O) groups excluding carboxylic acids is 1. The monoisotopic (exact) mass is 281 g/mol. The van der Waals surface area contributed by atoms with Crippen molar-refractivity contribution in [2.24, 2.45) is 0 Å². The predicted octanol–water partition coefficient (Wildman–Crippen LogP) is -2.94.